The van der Waals surface area contributed by atoms with Crippen molar-refractivity contribution in [3.05, 3.63) is 41.7 Å². The number of imidazole rings is 3. The monoisotopic (exact) mass is 666 g/mol. The molecule has 3 aliphatic rings. The van der Waals surface area contributed by atoms with Gasteiger partial charge in [-0.25, -0.2) is 38.5 Å². The lowest BCUT2D eigenvalue weighted by atomic mass is 10.2. The Labute approximate surface area is 250 Å². The first-order chi connectivity index (χ1) is 21.6. The Morgan fingerprint density at radius 1 is 0.844 bits per heavy atom. The molecule has 0 aliphatic carbocycles. The molecule has 3 fully saturated rings. The number of rotatable bonds is 2. The van der Waals surface area contributed by atoms with Crippen molar-refractivity contribution < 1.29 is 46.5 Å². The number of fused-ring (bicyclic) bond motifs is 5. The average molecular weight is 666 g/mol. The van der Waals surface area contributed by atoms with E-state index < -0.39 is 71.3 Å². The highest BCUT2D eigenvalue weighted by Gasteiger charge is 2.47. The second-order valence-electron chi connectivity index (χ2n) is 10.5. The number of anilines is 1. The van der Waals surface area contributed by atoms with Crippen molar-refractivity contribution in [2.45, 2.75) is 49.7 Å². The van der Waals surface area contributed by atoms with Gasteiger partial charge in [0, 0.05) is 25.2 Å². The summed E-state index contributed by atoms with van der Waals surface area (Å²) in [6.45, 7) is -1.11. The molecule has 5 aromatic heterocycles. The highest BCUT2D eigenvalue weighted by atomic mass is 31.2. The van der Waals surface area contributed by atoms with E-state index in [9.17, 15) is 23.7 Å². The summed E-state index contributed by atoms with van der Waals surface area (Å²) >= 11 is 0. The molecule has 3 saturated heterocycles. The molecular formula is C22H24N10O11P2. The molecule has 0 radical (unpaired) electrons. The highest BCUT2D eigenvalue weighted by molar-refractivity contribution is 7.47. The molecule has 0 bridgehead atoms. The lowest BCUT2D eigenvalue weighted by Gasteiger charge is -2.26. The zero-order valence-electron chi connectivity index (χ0n) is 22.8. The van der Waals surface area contributed by atoms with Crippen molar-refractivity contribution >= 4 is 49.6 Å². The first-order valence-corrected chi connectivity index (χ1v) is 16.5. The zero-order chi connectivity index (χ0) is 31.1. The van der Waals surface area contributed by atoms with Gasteiger partial charge < -0.3 is 30.0 Å². The number of phosphoric acid groups is 2. The second-order valence-corrected chi connectivity index (χ2v) is 13.3. The molecule has 5 N–H and O–H groups in total. The minimum atomic E-state index is -4.75. The molecule has 238 valence electrons. The van der Waals surface area contributed by atoms with Gasteiger partial charge in [-0.05, 0) is 0 Å². The van der Waals surface area contributed by atoms with Gasteiger partial charge in [0.25, 0.3) is 5.56 Å². The molecule has 8 heterocycles. The van der Waals surface area contributed by atoms with E-state index in [-0.39, 0.29) is 35.6 Å². The summed E-state index contributed by atoms with van der Waals surface area (Å²) < 4.78 is 64.1. The van der Waals surface area contributed by atoms with Crippen LogP contribution >= 0.6 is 15.6 Å². The second kappa shape index (κ2) is 10.5. The fourth-order valence-corrected chi connectivity index (χ4v) is 7.64. The molecule has 0 aromatic carbocycles. The van der Waals surface area contributed by atoms with Gasteiger partial charge in [-0.1, -0.05) is 0 Å². The number of nitrogen functional groups attached to an aromatic ring is 1. The fourth-order valence-electron chi connectivity index (χ4n) is 5.72. The third-order valence-electron chi connectivity index (χ3n) is 7.80. The summed E-state index contributed by atoms with van der Waals surface area (Å²) in [5.41, 5.74) is 6.50. The topological polar surface area (TPSA) is 268 Å². The molecule has 0 spiro atoms. The maximum atomic E-state index is 13.1. The summed E-state index contributed by atoms with van der Waals surface area (Å²) in [7, 11) is -9.50. The Kier molecular flexibility index (Phi) is 6.70. The van der Waals surface area contributed by atoms with Crippen LogP contribution in [0.1, 0.15) is 25.3 Å². The van der Waals surface area contributed by atoms with Gasteiger partial charge in [0.05, 0.1) is 25.9 Å². The number of phosphoric ester groups is 2. The van der Waals surface area contributed by atoms with E-state index >= 15 is 0 Å². The first kappa shape index (κ1) is 28.8. The van der Waals surface area contributed by atoms with Crippen molar-refractivity contribution in [2.75, 3.05) is 18.9 Å². The van der Waals surface area contributed by atoms with Gasteiger partial charge in [0.2, 0.25) is 5.78 Å². The Morgan fingerprint density at radius 2 is 1.47 bits per heavy atom. The number of ether oxygens (including phenoxy) is 2. The van der Waals surface area contributed by atoms with E-state index in [1.165, 1.54) is 44.9 Å². The van der Waals surface area contributed by atoms with Crippen LogP contribution in [0.15, 0.2) is 36.2 Å². The minimum absolute atomic E-state index is 0.00573. The summed E-state index contributed by atoms with van der Waals surface area (Å²) in [5, 5.41) is 0. The average Bonchev–Trinajstić information content (AvgIpc) is 3.80. The lowest BCUT2D eigenvalue weighted by Crippen LogP contribution is -2.32. The van der Waals surface area contributed by atoms with Gasteiger partial charge >= 0.3 is 15.6 Å². The molecule has 0 saturated carbocycles. The van der Waals surface area contributed by atoms with Crippen LogP contribution in [-0.2, 0) is 36.7 Å². The standard InChI is InChI=1S/C22H24N10O11P2/c23-18-16-19(26-7-25-18)31(8-27-16)14-3-10-12(40-14)5-38-45(36,37)43-11-4-15(41-13(11)6-39-44(34,35)42-10)32-9-28-17-20(32)29-22-24-1-2-30(22)21(17)33/h1-2,7-15H,3-6H2,(H,24,29)(H,34,35)(H,36,37)(H2,23,25,26)/t10-,11-,12+,13+,14+,15+/m0/s1. The maximum absolute atomic E-state index is 13.1. The van der Waals surface area contributed by atoms with E-state index in [1.54, 1.807) is 0 Å². The molecular weight excluding hydrogens is 642 g/mol. The third-order valence-corrected chi connectivity index (χ3v) is 9.82. The number of hydrogen-bond donors (Lipinski definition) is 4. The smallest absolute Gasteiger partial charge is 0.382 e. The molecule has 5 aromatic rings. The van der Waals surface area contributed by atoms with Crippen molar-refractivity contribution in [3.63, 3.8) is 0 Å². The lowest BCUT2D eigenvalue weighted by molar-refractivity contribution is -0.0661. The first-order valence-electron chi connectivity index (χ1n) is 13.5. The van der Waals surface area contributed by atoms with E-state index in [1.807, 2.05) is 0 Å². The van der Waals surface area contributed by atoms with Crippen LogP contribution in [0.4, 0.5) is 5.82 Å². The molecule has 8 rings (SSSR count). The Hall–Kier alpha value is -3.62. The minimum Gasteiger partial charge on any atom is -0.382 e. The van der Waals surface area contributed by atoms with Crippen LogP contribution in [0.5, 0.6) is 0 Å². The third kappa shape index (κ3) is 5.06. The van der Waals surface area contributed by atoms with Gasteiger partial charge in [-0.15, -0.1) is 0 Å². The number of nitrogens with two attached hydrogens (primary N) is 1. The number of H-pyrrole nitrogens is 1. The molecule has 21 nitrogen and oxygen atoms in total. The van der Waals surface area contributed by atoms with Gasteiger partial charge in [-0.2, -0.15) is 0 Å². The van der Waals surface area contributed by atoms with E-state index in [0.29, 0.717) is 11.2 Å². The summed E-state index contributed by atoms with van der Waals surface area (Å²) in [5.74, 6) is 0.410. The molecule has 2 unspecified atom stereocenters. The van der Waals surface area contributed by atoms with Gasteiger partial charge in [0.15, 0.2) is 17.0 Å². The van der Waals surface area contributed by atoms with E-state index in [0.717, 1.165) is 0 Å². The van der Waals surface area contributed by atoms with E-state index in [4.69, 9.17) is 33.3 Å². The van der Waals surface area contributed by atoms with Crippen molar-refractivity contribution in [1.82, 2.24) is 43.4 Å². The molecule has 0 amide bonds. The molecule has 23 heteroatoms. The normalized spacial score (nSPS) is 34.5. The molecule has 45 heavy (non-hydrogen) atoms. The number of aromatic amines is 1. The van der Waals surface area contributed by atoms with Gasteiger partial charge in [-0.3, -0.25) is 32.0 Å². The van der Waals surface area contributed by atoms with Crippen molar-refractivity contribution in [3.8, 4) is 0 Å². The number of aromatic nitrogens is 9. The maximum Gasteiger partial charge on any atom is 0.472 e. The van der Waals surface area contributed by atoms with Crippen LogP contribution in [0.2, 0.25) is 0 Å². The molecule has 8 atom stereocenters. The Morgan fingerprint density at radius 3 is 2.16 bits per heavy atom. The van der Waals surface area contributed by atoms with Crippen molar-refractivity contribution in [1.29, 1.82) is 0 Å². The van der Waals surface area contributed by atoms with Crippen LogP contribution < -0.4 is 11.3 Å². The predicted molar refractivity (Wildman–Crippen MR) is 147 cm³/mol. The summed E-state index contributed by atoms with van der Waals surface area (Å²) in [4.78, 5) is 57.7. The van der Waals surface area contributed by atoms with Crippen LogP contribution in [0.25, 0.3) is 28.1 Å². The van der Waals surface area contributed by atoms with Crippen molar-refractivity contribution in [2.24, 2.45) is 0 Å². The number of nitrogens with one attached hydrogen (secondary N) is 1. The molecule has 3 aliphatic heterocycles. The predicted octanol–water partition coefficient (Wildman–Crippen LogP) is 0.387. The van der Waals surface area contributed by atoms with Crippen LogP contribution in [-0.4, -0.2) is 90.9 Å². The fraction of sp³-hybridized carbons (Fsp3) is 0.455. The van der Waals surface area contributed by atoms with Crippen LogP contribution in [0.3, 0.4) is 0 Å². The Balaban J connectivity index is 1.05. The van der Waals surface area contributed by atoms with Crippen LogP contribution in [0, 0.1) is 0 Å². The van der Waals surface area contributed by atoms with Gasteiger partial charge in [0.1, 0.15) is 54.4 Å². The summed E-state index contributed by atoms with van der Waals surface area (Å²) in [6.07, 6.45) is 0.680. The zero-order valence-corrected chi connectivity index (χ0v) is 24.6. The summed E-state index contributed by atoms with van der Waals surface area (Å²) in [6, 6.07) is 0. The highest BCUT2D eigenvalue weighted by Crippen LogP contribution is 2.53. The number of hydrogen-bond acceptors (Lipinski definition) is 15. The SMILES string of the molecule is Nc1ncnc2c1ncn2[C@H]1C[C@@H]2OP(=O)(O)OC[C@H]3O[C@@H](n4cnc5c(=O)n6ccnc6[nH]c54)C[C@@H]3OP(=O)(O)OC[C@H]2O1. The Bertz CT molecular complexity index is 2100. The quantitative estimate of drug-likeness (QED) is 0.186. The van der Waals surface area contributed by atoms with E-state index in [2.05, 4.69) is 29.9 Å². The largest absolute Gasteiger partial charge is 0.472 e. The number of nitrogens with zero attached hydrogens (tertiary/aromatic N) is 8.